The van der Waals surface area contributed by atoms with Crippen molar-refractivity contribution in [2.45, 2.75) is 46.5 Å². The molecule has 3 aromatic rings. The molecule has 0 fully saturated rings. The van der Waals surface area contributed by atoms with Crippen LogP contribution in [0, 0.1) is 13.8 Å². The SMILES string of the molecule is CCCCOc1ccc2nc(NC(=O)CCCOc3ccc(C)cc3C)sc2c1. The van der Waals surface area contributed by atoms with Crippen molar-refractivity contribution in [2.75, 3.05) is 18.5 Å². The molecule has 1 heterocycles. The highest BCUT2D eigenvalue weighted by Gasteiger charge is 2.09. The molecule has 6 heteroatoms. The van der Waals surface area contributed by atoms with Crippen LogP contribution in [0.4, 0.5) is 5.13 Å². The average Bonchev–Trinajstić information content (AvgIpc) is 3.08. The van der Waals surface area contributed by atoms with Crippen molar-refractivity contribution in [3.63, 3.8) is 0 Å². The quantitative estimate of drug-likeness (QED) is 0.422. The Kier molecular flexibility index (Phi) is 7.47. The largest absolute Gasteiger partial charge is 0.494 e. The molecule has 2 aromatic carbocycles. The zero-order chi connectivity index (χ0) is 20.6. The molecule has 0 aliphatic heterocycles. The zero-order valence-corrected chi connectivity index (χ0v) is 18.1. The van der Waals surface area contributed by atoms with Gasteiger partial charge in [0.05, 0.1) is 23.4 Å². The Labute approximate surface area is 176 Å². The van der Waals surface area contributed by atoms with Crippen molar-refractivity contribution in [1.82, 2.24) is 4.98 Å². The number of carbonyl (C=O) groups excluding carboxylic acids is 1. The second kappa shape index (κ2) is 10.3. The second-order valence-corrected chi connectivity index (χ2v) is 8.15. The Hall–Kier alpha value is -2.60. The number of unbranched alkanes of at least 4 members (excludes halogenated alkanes) is 1. The third-order valence-corrected chi connectivity index (χ3v) is 5.44. The standard InChI is InChI=1S/C23H28N2O3S/c1-4-5-12-27-18-9-10-19-21(15-18)29-23(24-19)25-22(26)7-6-13-28-20-11-8-16(2)14-17(20)3/h8-11,14-15H,4-7,12-13H2,1-3H3,(H,24,25,26). The predicted octanol–water partition coefficient (Wildman–Crippen LogP) is 5.89. The summed E-state index contributed by atoms with van der Waals surface area (Å²) in [5.74, 6) is 1.67. The van der Waals surface area contributed by atoms with E-state index in [4.69, 9.17) is 9.47 Å². The number of hydrogen-bond donors (Lipinski definition) is 1. The maximum atomic E-state index is 12.2. The molecule has 0 radical (unpaired) electrons. The van der Waals surface area contributed by atoms with Gasteiger partial charge >= 0.3 is 0 Å². The van der Waals surface area contributed by atoms with Gasteiger partial charge in [-0.15, -0.1) is 0 Å². The molecule has 3 rings (SSSR count). The van der Waals surface area contributed by atoms with Crippen LogP contribution >= 0.6 is 11.3 Å². The number of carbonyl (C=O) groups is 1. The molecule has 0 saturated heterocycles. The number of aromatic nitrogens is 1. The topological polar surface area (TPSA) is 60.5 Å². The highest BCUT2D eigenvalue weighted by molar-refractivity contribution is 7.22. The summed E-state index contributed by atoms with van der Waals surface area (Å²) in [4.78, 5) is 16.7. The fourth-order valence-electron chi connectivity index (χ4n) is 2.94. The van der Waals surface area contributed by atoms with Gasteiger partial charge in [0.15, 0.2) is 5.13 Å². The van der Waals surface area contributed by atoms with Gasteiger partial charge in [-0.25, -0.2) is 4.98 Å². The number of nitrogens with one attached hydrogen (secondary N) is 1. The summed E-state index contributed by atoms with van der Waals surface area (Å²) >= 11 is 1.46. The number of anilines is 1. The number of amides is 1. The second-order valence-electron chi connectivity index (χ2n) is 7.12. The van der Waals surface area contributed by atoms with E-state index < -0.39 is 0 Å². The van der Waals surface area contributed by atoms with Crippen molar-refractivity contribution >= 4 is 32.6 Å². The van der Waals surface area contributed by atoms with E-state index in [1.807, 2.05) is 37.3 Å². The minimum absolute atomic E-state index is 0.0484. The molecule has 5 nitrogen and oxygen atoms in total. The number of hydrogen-bond acceptors (Lipinski definition) is 5. The lowest BCUT2D eigenvalue weighted by atomic mass is 10.1. The fourth-order valence-corrected chi connectivity index (χ4v) is 3.85. The van der Waals surface area contributed by atoms with Gasteiger partial charge in [-0.2, -0.15) is 0 Å². The highest BCUT2D eigenvalue weighted by Crippen LogP contribution is 2.29. The Morgan fingerprint density at radius 2 is 1.90 bits per heavy atom. The van der Waals surface area contributed by atoms with Gasteiger partial charge in [-0.05, 0) is 56.5 Å². The van der Waals surface area contributed by atoms with Crippen LogP contribution in [0.3, 0.4) is 0 Å². The van der Waals surface area contributed by atoms with E-state index in [0.717, 1.165) is 40.1 Å². The summed E-state index contributed by atoms with van der Waals surface area (Å²) in [6.07, 6.45) is 3.19. The van der Waals surface area contributed by atoms with Crippen LogP contribution in [-0.4, -0.2) is 24.1 Å². The minimum Gasteiger partial charge on any atom is -0.494 e. The summed E-state index contributed by atoms with van der Waals surface area (Å²) in [7, 11) is 0. The molecule has 0 aliphatic rings. The van der Waals surface area contributed by atoms with Crippen LogP contribution < -0.4 is 14.8 Å². The van der Waals surface area contributed by atoms with E-state index in [-0.39, 0.29) is 5.91 Å². The van der Waals surface area contributed by atoms with E-state index in [1.165, 1.54) is 16.9 Å². The van der Waals surface area contributed by atoms with Gasteiger partial charge in [-0.3, -0.25) is 4.79 Å². The van der Waals surface area contributed by atoms with Crippen LogP contribution in [0.25, 0.3) is 10.2 Å². The van der Waals surface area contributed by atoms with Crippen LogP contribution in [0.5, 0.6) is 11.5 Å². The number of nitrogens with zero attached hydrogens (tertiary/aromatic N) is 1. The molecule has 29 heavy (non-hydrogen) atoms. The lowest BCUT2D eigenvalue weighted by Crippen LogP contribution is -2.12. The summed E-state index contributed by atoms with van der Waals surface area (Å²) in [6, 6.07) is 11.9. The molecule has 1 amide bonds. The summed E-state index contributed by atoms with van der Waals surface area (Å²) in [5.41, 5.74) is 3.19. The molecule has 154 valence electrons. The van der Waals surface area contributed by atoms with E-state index in [0.29, 0.717) is 31.2 Å². The van der Waals surface area contributed by atoms with Gasteiger partial charge in [0.25, 0.3) is 0 Å². The normalized spacial score (nSPS) is 10.9. The molecule has 0 saturated carbocycles. The predicted molar refractivity (Wildman–Crippen MR) is 119 cm³/mol. The Balaban J connectivity index is 1.46. The molecule has 1 aromatic heterocycles. The summed E-state index contributed by atoms with van der Waals surface area (Å²) in [5, 5.41) is 3.51. The molecule has 0 bridgehead atoms. The Morgan fingerprint density at radius 3 is 2.69 bits per heavy atom. The Morgan fingerprint density at radius 1 is 1.07 bits per heavy atom. The smallest absolute Gasteiger partial charge is 0.226 e. The number of thiazole rings is 1. The summed E-state index contributed by atoms with van der Waals surface area (Å²) in [6.45, 7) is 7.45. The third-order valence-electron chi connectivity index (χ3n) is 4.51. The first-order valence-electron chi connectivity index (χ1n) is 10.1. The van der Waals surface area contributed by atoms with Gasteiger partial charge in [0.1, 0.15) is 11.5 Å². The number of benzene rings is 2. The van der Waals surface area contributed by atoms with Crippen molar-refractivity contribution in [1.29, 1.82) is 0 Å². The number of fused-ring (bicyclic) bond motifs is 1. The molecule has 0 atom stereocenters. The molecule has 0 aliphatic carbocycles. The lowest BCUT2D eigenvalue weighted by molar-refractivity contribution is -0.116. The van der Waals surface area contributed by atoms with Gasteiger partial charge in [0, 0.05) is 6.42 Å². The van der Waals surface area contributed by atoms with Gasteiger partial charge in [0.2, 0.25) is 5.91 Å². The first-order valence-corrected chi connectivity index (χ1v) is 10.9. The van der Waals surface area contributed by atoms with Crippen LogP contribution in [0.1, 0.15) is 43.7 Å². The minimum atomic E-state index is -0.0484. The summed E-state index contributed by atoms with van der Waals surface area (Å²) < 4.78 is 12.5. The van der Waals surface area contributed by atoms with Crippen molar-refractivity contribution in [3.8, 4) is 11.5 Å². The fraction of sp³-hybridized carbons (Fsp3) is 0.391. The van der Waals surface area contributed by atoms with Gasteiger partial charge < -0.3 is 14.8 Å². The third kappa shape index (κ3) is 6.19. The highest BCUT2D eigenvalue weighted by atomic mass is 32.1. The number of ether oxygens (including phenoxy) is 2. The van der Waals surface area contributed by atoms with E-state index >= 15 is 0 Å². The first kappa shape index (κ1) is 21.1. The van der Waals surface area contributed by atoms with E-state index in [2.05, 4.69) is 30.2 Å². The zero-order valence-electron chi connectivity index (χ0n) is 17.3. The van der Waals surface area contributed by atoms with Crippen LogP contribution in [0.2, 0.25) is 0 Å². The Bertz CT molecular complexity index is 968. The van der Waals surface area contributed by atoms with Crippen molar-refractivity contribution < 1.29 is 14.3 Å². The van der Waals surface area contributed by atoms with E-state index in [1.54, 1.807) is 0 Å². The van der Waals surface area contributed by atoms with Crippen molar-refractivity contribution in [3.05, 3.63) is 47.5 Å². The average molecular weight is 413 g/mol. The molecular formula is C23H28N2O3S. The van der Waals surface area contributed by atoms with Crippen molar-refractivity contribution in [2.24, 2.45) is 0 Å². The van der Waals surface area contributed by atoms with Crippen LogP contribution in [0.15, 0.2) is 36.4 Å². The first-order chi connectivity index (χ1) is 14.0. The maximum Gasteiger partial charge on any atom is 0.226 e. The number of rotatable bonds is 10. The monoisotopic (exact) mass is 412 g/mol. The maximum absolute atomic E-state index is 12.2. The number of aryl methyl sites for hydroxylation is 2. The molecule has 1 N–H and O–H groups in total. The molecule has 0 unspecified atom stereocenters. The molecular weight excluding hydrogens is 384 g/mol. The molecule has 0 spiro atoms. The van der Waals surface area contributed by atoms with E-state index in [9.17, 15) is 4.79 Å². The van der Waals surface area contributed by atoms with Gasteiger partial charge in [-0.1, -0.05) is 42.4 Å². The lowest BCUT2D eigenvalue weighted by Gasteiger charge is -2.09. The van der Waals surface area contributed by atoms with Crippen LogP contribution in [-0.2, 0) is 4.79 Å².